The van der Waals surface area contributed by atoms with Gasteiger partial charge in [-0.25, -0.2) is 0 Å². The number of carbonyl (C=O) groups excluding carboxylic acids is 1. The summed E-state index contributed by atoms with van der Waals surface area (Å²) in [6.07, 6.45) is 7.26. The highest BCUT2D eigenvalue weighted by Crippen LogP contribution is 2.23. The van der Waals surface area contributed by atoms with Crippen molar-refractivity contribution in [3.8, 4) is 11.5 Å². The first-order valence-electron chi connectivity index (χ1n) is 9.46. The van der Waals surface area contributed by atoms with Crippen molar-refractivity contribution in [3.05, 3.63) is 114 Å². The van der Waals surface area contributed by atoms with Gasteiger partial charge in [0.1, 0.15) is 17.2 Å². The Labute approximate surface area is 174 Å². The lowest BCUT2D eigenvalue weighted by atomic mass is 10.2. The number of ether oxygens (including phenoxy) is 1. The average Bonchev–Trinajstić information content (AvgIpc) is 2.80. The first-order valence-corrected chi connectivity index (χ1v) is 9.46. The number of aromatic nitrogens is 2. The minimum absolute atomic E-state index is 0.284. The maximum absolute atomic E-state index is 12.4. The van der Waals surface area contributed by atoms with E-state index in [0.29, 0.717) is 17.2 Å². The van der Waals surface area contributed by atoms with Gasteiger partial charge < -0.3 is 10.1 Å². The van der Waals surface area contributed by atoms with Gasteiger partial charge in [-0.3, -0.25) is 14.8 Å². The molecule has 2 heterocycles. The number of hydrogen-bond donors (Lipinski definition) is 1. The van der Waals surface area contributed by atoms with Crippen LogP contribution in [0.4, 0.5) is 5.69 Å². The van der Waals surface area contributed by atoms with Crippen molar-refractivity contribution < 1.29 is 9.53 Å². The molecule has 0 bridgehead atoms. The number of pyridine rings is 2. The SMILES string of the molecule is O=C(Nc1ccccc1)c1cc(Oc2ccc(/C=C/c3ccccn3)cc2)ccn1. The lowest BCUT2D eigenvalue weighted by Gasteiger charge is -2.08. The van der Waals surface area contributed by atoms with Crippen molar-refractivity contribution in [1.82, 2.24) is 9.97 Å². The number of nitrogens with one attached hydrogen (secondary N) is 1. The fourth-order valence-corrected chi connectivity index (χ4v) is 2.75. The minimum Gasteiger partial charge on any atom is -0.457 e. The van der Waals surface area contributed by atoms with Crippen molar-refractivity contribution >= 4 is 23.7 Å². The van der Waals surface area contributed by atoms with Crippen LogP contribution in [-0.4, -0.2) is 15.9 Å². The Bertz CT molecular complexity index is 1140. The molecule has 0 fully saturated rings. The summed E-state index contributed by atoms with van der Waals surface area (Å²) in [5, 5.41) is 2.81. The van der Waals surface area contributed by atoms with E-state index in [9.17, 15) is 4.79 Å². The van der Waals surface area contributed by atoms with Crippen LogP contribution in [0, 0.1) is 0 Å². The summed E-state index contributed by atoms with van der Waals surface area (Å²) in [4.78, 5) is 20.8. The van der Waals surface area contributed by atoms with Gasteiger partial charge >= 0.3 is 0 Å². The first-order chi connectivity index (χ1) is 14.8. The zero-order valence-electron chi connectivity index (χ0n) is 16.1. The van der Waals surface area contributed by atoms with E-state index in [2.05, 4.69) is 15.3 Å². The van der Waals surface area contributed by atoms with Gasteiger partial charge in [0, 0.05) is 24.1 Å². The summed E-state index contributed by atoms with van der Waals surface area (Å²) in [5.41, 5.74) is 2.93. The van der Waals surface area contributed by atoms with E-state index in [1.807, 2.05) is 84.9 Å². The van der Waals surface area contributed by atoms with E-state index in [4.69, 9.17) is 4.74 Å². The van der Waals surface area contributed by atoms with Crippen LogP contribution in [0.1, 0.15) is 21.7 Å². The van der Waals surface area contributed by atoms with E-state index < -0.39 is 0 Å². The lowest BCUT2D eigenvalue weighted by molar-refractivity contribution is 0.102. The molecule has 0 aliphatic carbocycles. The highest BCUT2D eigenvalue weighted by molar-refractivity contribution is 6.03. The summed E-state index contributed by atoms with van der Waals surface area (Å²) < 4.78 is 5.88. The molecular weight excluding hydrogens is 374 g/mol. The predicted molar refractivity (Wildman–Crippen MR) is 118 cm³/mol. The Morgan fingerprint density at radius 1 is 0.767 bits per heavy atom. The molecule has 0 saturated carbocycles. The fourth-order valence-electron chi connectivity index (χ4n) is 2.75. The minimum atomic E-state index is -0.290. The van der Waals surface area contributed by atoms with Crippen LogP contribution in [0.5, 0.6) is 11.5 Å². The van der Waals surface area contributed by atoms with Gasteiger partial charge in [0.2, 0.25) is 0 Å². The highest BCUT2D eigenvalue weighted by Gasteiger charge is 2.09. The number of carbonyl (C=O) groups is 1. The topological polar surface area (TPSA) is 64.1 Å². The van der Waals surface area contributed by atoms with Gasteiger partial charge in [-0.15, -0.1) is 0 Å². The van der Waals surface area contributed by atoms with E-state index in [1.165, 1.54) is 0 Å². The monoisotopic (exact) mass is 393 g/mol. The van der Waals surface area contributed by atoms with E-state index in [-0.39, 0.29) is 11.6 Å². The van der Waals surface area contributed by atoms with E-state index >= 15 is 0 Å². The summed E-state index contributed by atoms with van der Waals surface area (Å²) in [7, 11) is 0. The maximum atomic E-state index is 12.4. The van der Waals surface area contributed by atoms with Gasteiger partial charge in [-0.05, 0) is 54.1 Å². The fraction of sp³-hybridized carbons (Fsp3) is 0. The molecule has 30 heavy (non-hydrogen) atoms. The molecule has 5 nitrogen and oxygen atoms in total. The normalized spacial score (nSPS) is 10.7. The number of hydrogen-bond acceptors (Lipinski definition) is 4. The Balaban J connectivity index is 1.41. The molecule has 0 radical (unpaired) electrons. The smallest absolute Gasteiger partial charge is 0.274 e. The molecular formula is C25H19N3O2. The molecule has 0 spiro atoms. The van der Waals surface area contributed by atoms with Crippen LogP contribution < -0.4 is 10.1 Å². The highest BCUT2D eigenvalue weighted by atomic mass is 16.5. The standard InChI is InChI=1S/C25H19N3O2/c29-25(28-21-7-2-1-3-8-21)24-18-23(15-17-27-24)30-22-13-10-19(11-14-22)9-12-20-6-4-5-16-26-20/h1-18H,(H,28,29)/b12-9+. The molecule has 0 aliphatic rings. The third-order valence-corrected chi connectivity index (χ3v) is 4.25. The zero-order chi connectivity index (χ0) is 20.6. The van der Waals surface area contributed by atoms with Crippen LogP contribution in [0.15, 0.2) is 97.3 Å². The summed E-state index contributed by atoms with van der Waals surface area (Å²) in [6.45, 7) is 0. The quantitative estimate of drug-likeness (QED) is 0.457. The molecule has 146 valence electrons. The van der Waals surface area contributed by atoms with E-state index in [0.717, 1.165) is 11.3 Å². The van der Waals surface area contributed by atoms with Crippen molar-refractivity contribution in [1.29, 1.82) is 0 Å². The Hall–Kier alpha value is -4.25. The van der Waals surface area contributed by atoms with Crippen LogP contribution in [0.2, 0.25) is 0 Å². The number of anilines is 1. The maximum Gasteiger partial charge on any atom is 0.274 e. The lowest BCUT2D eigenvalue weighted by Crippen LogP contribution is -2.13. The van der Waals surface area contributed by atoms with Gasteiger partial charge in [-0.2, -0.15) is 0 Å². The number of amides is 1. The van der Waals surface area contributed by atoms with Crippen molar-refractivity contribution in [3.63, 3.8) is 0 Å². The molecule has 0 atom stereocenters. The Morgan fingerprint density at radius 3 is 2.33 bits per heavy atom. The molecule has 4 rings (SSSR count). The number of para-hydroxylation sites is 1. The zero-order valence-corrected chi connectivity index (χ0v) is 16.1. The Kier molecular flexibility index (Phi) is 5.91. The van der Waals surface area contributed by atoms with Crippen LogP contribution in [0.25, 0.3) is 12.2 Å². The third-order valence-electron chi connectivity index (χ3n) is 4.25. The molecule has 1 amide bonds. The Morgan fingerprint density at radius 2 is 1.57 bits per heavy atom. The second-order valence-corrected chi connectivity index (χ2v) is 6.46. The summed E-state index contributed by atoms with van der Waals surface area (Å²) in [5.74, 6) is 0.923. The van der Waals surface area contributed by atoms with Gasteiger partial charge in [0.05, 0.1) is 5.69 Å². The number of nitrogens with zero attached hydrogens (tertiary/aromatic N) is 2. The third kappa shape index (κ3) is 5.17. The van der Waals surface area contributed by atoms with Crippen LogP contribution in [0.3, 0.4) is 0 Å². The molecule has 0 aliphatic heterocycles. The van der Waals surface area contributed by atoms with Crippen molar-refractivity contribution in [2.24, 2.45) is 0 Å². The number of rotatable bonds is 6. The molecule has 5 heteroatoms. The first kappa shape index (κ1) is 19.1. The number of benzene rings is 2. The second-order valence-electron chi connectivity index (χ2n) is 6.46. The molecule has 2 aromatic carbocycles. The van der Waals surface area contributed by atoms with Crippen molar-refractivity contribution in [2.45, 2.75) is 0 Å². The van der Waals surface area contributed by atoms with Crippen LogP contribution in [-0.2, 0) is 0 Å². The molecule has 4 aromatic rings. The van der Waals surface area contributed by atoms with Crippen LogP contribution >= 0.6 is 0 Å². The van der Waals surface area contributed by atoms with Gasteiger partial charge in [0.15, 0.2) is 0 Å². The van der Waals surface area contributed by atoms with E-state index in [1.54, 1.807) is 24.5 Å². The summed E-state index contributed by atoms with van der Waals surface area (Å²) in [6, 6.07) is 26.0. The van der Waals surface area contributed by atoms with Gasteiger partial charge in [0.25, 0.3) is 5.91 Å². The summed E-state index contributed by atoms with van der Waals surface area (Å²) >= 11 is 0. The average molecular weight is 393 g/mol. The van der Waals surface area contributed by atoms with Gasteiger partial charge in [-0.1, -0.05) is 42.5 Å². The molecule has 1 N–H and O–H groups in total. The predicted octanol–water partition coefficient (Wildman–Crippen LogP) is 5.69. The van der Waals surface area contributed by atoms with Crippen molar-refractivity contribution in [2.75, 3.05) is 5.32 Å². The second kappa shape index (κ2) is 9.30. The molecule has 2 aromatic heterocycles. The molecule has 0 unspecified atom stereocenters. The molecule has 0 saturated heterocycles. The largest absolute Gasteiger partial charge is 0.457 e.